The minimum Gasteiger partial charge on any atom is -0.313 e. The van der Waals surface area contributed by atoms with E-state index in [1.54, 1.807) is 0 Å². The van der Waals surface area contributed by atoms with E-state index in [4.69, 9.17) is 11.5 Å². The Bertz CT molecular complexity index is 1740. The van der Waals surface area contributed by atoms with Crippen LogP contribution in [-0.4, -0.2) is 25.9 Å². The van der Waals surface area contributed by atoms with Crippen LogP contribution in [0.25, 0.3) is 11.1 Å². The highest BCUT2D eigenvalue weighted by Crippen LogP contribution is 2.50. The van der Waals surface area contributed by atoms with Crippen molar-refractivity contribution in [2.45, 2.75) is 11.2 Å². The van der Waals surface area contributed by atoms with Gasteiger partial charge in [0.15, 0.2) is 5.66 Å². The second kappa shape index (κ2) is 10.9. The molecular weight excluding hydrogens is 574 g/mol. The fourth-order valence-corrected chi connectivity index (χ4v) is 5.11. The number of rotatable bonds is 8. The molecule has 0 saturated heterocycles. The quantitative estimate of drug-likeness (QED) is 0.204. The molecule has 4 N–H and O–H groups in total. The molecule has 1 heterocycles. The normalized spacial score (nSPS) is 19.4. The third-order valence-electron chi connectivity index (χ3n) is 7.32. The molecule has 0 fully saturated rings. The lowest BCUT2D eigenvalue weighted by atomic mass is 9.70. The molecule has 2 atom stereocenters. The van der Waals surface area contributed by atoms with Gasteiger partial charge in [0.05, 0.1) is 19.7 Å². The zero-order valence-corrected chi connectivity index (χ0v) is 22.5. The number of nitrogens with two attached hydrogens (primary N) is 2. The van der Waals surface area contributed by atoms with Gasteiger partial charge in [0, 0.05) is 60.3 Å². The molecule has 5 rings (SSSR count). The number of nitro benzene ring substituents is 4. The minimum absolute atomic E-state index is 0.194. The van der Waals surface area contributed by atoms with Gasteiger partial charge in [-0.25, -0.2) is 0 Å². The van der Waals surface area contributed by atoms with Crippen LogP contribution in [0.2, 0.25) is 0 Å². The summed E-state index contributed by atoms with van der Waals surface area (Å²) in [6.07, 6.45) is 1.35. The molecule has 0 radical (unpaired) electrons. The molecular formula is C29H21N7O8. The highest BCUT2D eigenvalue weighted by molar-refractivity contribution is 6.09. The number of non-ortho nitro benzene ring substituents is 4. The van der Waals surface area contributed by atoms with Crippen LogP contribution in [0, 0.1) is 40.5 Å². The number of hydrogen-bond acceptors (Lipinski definition) is 11. The number of dihydropyridines is 1. The third kappa shape index (κ3) is 5.04. The molecule has 0 aliphatic carbocycles. The van der Waals surface area contributed by atoms with Gasteiger partial charge in [-0.2, -0.15) is 0 Å². The molecule has 1 aliphatic heterocycles. The molecule has 15 nitrogen and oxygen atoms in total. The van der Waals surface area contributed by atoms with Gasteiger partial charge in [0.2, 0.25) is 0 Å². The van der Waals surface area contributed by atoms with E-state index in [2.05, 4.69) is 4.99 Å². The topological polar surface area (TPSA) is 237 Å². The SMILES string of the molecule is NC1(c2ccc([N+](=O)[O-])cc2)C=NC(N)(c2ccc([N+](=O)[O-])cc2)C(c2ccc([N+](=O)[O-])cc2)=C1c1ccc([N+](=O)[O-])cc1. The number of hydrogen-bond donors (Lipinski definition) is 2. The Labute approximate surface area is 247 Å². The van der Waals surface area contributed by atoms with Crippen molar-refractivity contribution in [1.82, 2.24) is 0 Å². The molecule has 15 heteroatoms. The van der Waals surface area contributed by atoms with Crippen molar-refractivity contribution in [1.29, 1.82) is 0 Å². The van der Waals surface area contributed by atoms with Crippen LogP contribution in [-0.2, 0) is 11.2 Å². The first-order chi connectivity index (χ1) is 20.8. The maximum Gasteiger partial charge on any atom is 0.269 e. The Morgan fingerprint density at radius 1 is 0.477 bits per heavy atom. The van der Waals surface area contributed by atoms with Gasteiger partial charge in [0.25, 0.3) is 22.7 Å². The number of nitrogens with zero attached hydrogens (tertiary/aromatic N) is 5. The summed E-state index contributed by atoms with van der Waals surface area (Å²) in [7, 11) is 0. The standard InChI is InChI=1S/C29H21N7O8/c30-28(20-5-13-24(14-6-20)35(41)42)17-32-29(31,21-7-15-25(16-8-21)36(43)44)27(19-3-11-23(12-4-19)34(39)40)26(28)18-1-9-22(10-2-18)33(37)38/h1-17H,30-31H2. The summed E-state index contributed by atoms with van der Waals surface area (Å²) in [5, 5.41) is 45.5. The van der Waals surface area contributed by atoms with E-state index in [1.165, 1.54) is 103 Å². The van der Waals surface area contributed by atoms with E-state index in [0.29, 0.717) is 22.3 Å². The summed E-state index contributed by atoms with van der Waals surface area (Å²) in [6.45, 7) is 0. The average Bonchev–Trinajstić information content (AvgIpc) is 3.02. The molecule has 0 amide bonds. The van der Waals surface area contributed by atoms with Crippen molar-refractivity contribution in [3.63, 3.8) is 0 Å². The first kappa shape index (κ1) is 29.3. The van der Waals surface area contributed by atoms with Crippen LogP contribution in [0.5, 0.6) is 0 Å². The summed E-state index contributed by atoms with van der Waals surface area (Å²) in [5.74, 6) is 0. The number of aliphatic imine (C=N–C) groups is 1. The Hall–Kier alpha value is -6.19. The fourth-order valence-electron chi connectivity index (χ4n) is 5.11. The van der Waals surface area contributed by atoms with Gasteiger partial charge < -0.3 is 5.73 Å². The first-order valence-corrected chi connectivity index (χ1v) is 12.7. The van der Waals surface area contributed by atoms with E-state index in [-0.39, 0.29) is 33.9 Å². The summed E-state index contributed by atoms with van der Waals surface area (Å²) in [5.41, 5.74) is 11.8. The van der Waals surface area contributed by atoms with Crippen molar-refractivity contribution in [3.8, 4) is 0 Å². The van der Waals surface area contributed by atoms with Gasteiger partial charge >= 0.3 is 0 Å². The van der Waals surface area contributed by atoms with Gasteiger partial charge in [0.1, 0.15) is 5.54 Å². The Kier molecular flexibility index (Phi) is 7.26. The average molecular weight is 596 g/mol. The van der Waals surface area contributed by atoms with Gasteiger partial charge in [-0.05, 0) is 76.4 Å². The predicted molar refractivity (Wildman–Crippen MR) is 159 cm³/mol. The molecule has 220 valence electrons. The second-order valence-electron chi connectivity index (χ2n) is 9.86. The first-order valence-electron chi connectivity index (χ1n) is 12.7. The zero-order chi connectivity index (χ0) is 31.8. The van der Waals surface area contributed by atoms with E-state index in [0.717, 1.165) is 0 Å². The van der Waals surface area contributed by atoms with Crippen LogP contribution in [0.1, 0.15) is 22.3 Å². The van der Waals surface area contributed by atoms with E-state index in [9.17, 15) is 40.5 Å². The molecule has 0 saturated carbocycles. The molecule has 4 aromatic rings. The molecule has 44 heavy (non-hydrogen) atoms. The summed E-state index contributed by atoms with van der Waals surface area (Å²) >= 11 is 0. The molecule has 0 aromatic heterocycles. The lowest BCUT2D eigenvalue weighted by Crippen LogP contribution is -2.49. The van der Waals surface area contributed by atoms with Crippen LogP contribution in [0.3, 0.4) is 0 Å². The van der Waals surface area contributed by atoms with Crippen LogP contribution in [0.15, 0.2) is 102 Å². The van der Waals surface area contributed by atoms with E-state index >= 15 is 0 Å². The number of nitro groups is 4. The fraction of sp³-hybridized carbons (Fsp3) is 0.0690. The Morgan fingerprint density at radius 3 is 1.16 bits per heavy atom. The maximum absolute atomic E-state index is 11.4. The molecule has 4 aromatic carbocycles. The van der Waals surface area contributed by atoms with E-state index in [1.807, 2.05) is 0 Å². The van der Waals surface area contributed by atoms with E-state index < -0.39 is 30.9 Å². The van der Waals surface area contributed by atoms with Crippen molar-refractivity contribution in [3.05, 3.63) is 160 Å². The van der Waals surface area contributed by atoms with Crippen molar-refractivity contribution in [2.24, 2.45) is 16.5 Å². The van der Waals surface area contributed by atoms with Crippen molar-refractivity contribution >= 4 is 40.1 Å². The summed E-state index contributed by atoms with van der Waals surface area (Å²) in [6, 6.07) is 21.6. The van der Waals surface area contributed by atoms with Gasteiger partial charge in [-0.15, -0.1) is 0 Å². The highest BCUT2D eigenvalue weighted by atomic mass is 16.6. The summed E-state index contributed by atoms with van der Waals surface area (Å²) < 4.78 is 0. The van der Waals surface area contributed by atoms with Crippen LogP contribution in [0.4, 0.5) is 22.7 Å². The molecule has 1 aliphatic rings. The van der Waals surface area contributed by atoms with Crippen molar-refractivity contribution < 1.29 is 19.7 Å². The lowest BCUT2D eigenvalue weighted by molar-refractivity contribution is -0.385. The van der Waals surface area contributed by atoms with Gasteiger partial charge in [-0.1, -0.05) is 0 Å². The Morgan fingerprint density at radius 2 is 0.795 bits per heavy atom. The number of benzene rings is 4. The van der Waals surface area contributed by atoms with Gasteiger partial charge in [-0.3, -0.25) is 51.2 Å². The largest absolute Gasteiger partial charge is 0.313 e. The maximum atomic E-state index is 11.4. The zero-order valence-electron chi connectivity index (χ0n) is 22.5. The third-order valence-corrected chi connectivity index (χ3v) is 7.32. The minimum atomic E-state index is -1.77. The lowest BCUT2D eigenvalue weighted by Gasteiger charge is -2.42. The second-order valence-corrected chi connectivity index (χ2v) is 9.86. The smallest absolute Gasteiger partial charge is 0.269 e. The predicted octanol–water partition coefficient (Wildman–Crippen LogP) is 4.98. The van der Waals surface area contributed by atoms with Crippen molar-refractivity contribution in [2.75, 3.05) is 0 Å². The molecule has 2 unspecified atom stereocenters. The van der Waals surface area contributed by atoms with Crippen LogP contribution < -0.4 is 11.5 Å². The Balaban J connectivity index is 1.87. The highest BCUT2D eigenvalue weighted by Gasteiger charge is 2.46. The summed E-state index contributed by atoms with van der Waals surface area (Å²) in [4.78, 5) is 47.9. The molecule has 0 spiro atoms. The van der Waals surface area contributed by atoms with Crippen LogP contribution >= 0.6 is 0 Å². The molecule has 0 bridgehead atoms. The monoisotopic (exact) mass is 595 g/mol.